The van der Waals surface area contributed by atoms with E-state index in [4.69, 9.17) is 15.9 Å². The lowest BCUT2D eigenvalue weighted by molar-refractivity contribution is -0.143. The second-order valence-corrected chi connectivity index (χ2v) is 6.91. The summed E-state index contributed by atoms with van der Waals surface area (Å²) in [5.41, 5.74) is 6.16. The zero-order valence-corrected chi connectivity index (χ0v) is 17.1. The monoisotopic (exact) mass is 442 g/mol. The highest BCUT2D eigenvalue weighted by atomic mass is 32.1. The summed E-state index contributed by atoms with van der Waals surface area (Å²) in [7, 11) is 0. The molecule has 0 saturated carbocycles. The second kappa shape index (κ2) is 12.0. The maximum atomic E-state index is 12.7. The first-order valence-electron chi connectivity index (χ1n) is 8.98. The number of hydrogen-bond donors (Lipinski definition) is 8. The molecule has 11 nitrogen and oxygen atoms in total. The fraction of sp³-hybridized carbons (Fsp3) is 0.444. The molecule has 0 bridgehead atoms. The van der Waals surface area contributed by atoms with Gasteiger partial charge < -0.3 is 37.0 Å². The molecule has 3 amide bonds. The zero-order valence-electron chi connectivity index (χ0n) is 16.2. The number of rotatable bonds is 11. The Balaban J connectivity index is 2.94. The van der Waals surface area contributed by atoms with Crippen molar-refractivity contribution in [2.24, 2.45) is 5.73 Å². The van der Waals surface area contributed by atoms with E-state index < -0.39 is 54.5 Å². The molecule has 0 spiro atoms. The molecule has 0 heterocycles. The van der Waals surface area contributed by atoms with E-state index in [1.165, 1.54) is 19.1 Å². The number of amides is 3. The van der Waals surface area contributed by atoms with Crippen molar-refractivity contribution in [3.05, 3.63) is 29.8 Å². The Hall–Kier alpha value is -2.83. The number of hydrogen-bond acceptors (Lipinski definition) is 8. The van der Waals surface area contributed by atoms with Crippen LogP contribution in [0.2, 0.25) is 0 Å². The third kappa shape index (κ3) is 7.89. The summed E-state index contributed by atoms with van der Waals surface area (Å²) in [6.07, 6.45) is 0.0415. The average molecular weight is 442 g/mol. The Morgan fingerprint density at radius 2 is 1.47 bits per heavy atom. The van der Waals surface area contributed by atoms with Gasteiger partial charge in [0.25, 0.3) is 0 Å². The minimum atomic E-state index is -1.54. The van der Waals surface area contributed by atoms with E-state index in [2.05, 4.69) is 28.6 Å². The molecule has 1 aromatic rings. The van der Waals surface area contributed by atoms with Crippen molar-refractivity contribution in [2.45, 2.75) is 37.5 Å². The summed E-state index contributed by atoms with van der Waals surface area (Å²) in [5.74, 6) is -3.74. The molecule has 0 aromatic heterocycles. The number of nitrogens with one attached hydrogen (secondary N) is 3. The summed E-state index contributed by atoms with van der Waals surface area (Å²) in [6, 6.07) is 1.22. The Labute approximate surface area is 178 Å². The topological polar surface area (TPSA) is 191 Å². The number of carboxylic acids is 1. The SMILES string of the molecule is CC(N)C(=O)NC(Cc1ccc(O)cc1)C(=O)NC(CS)C(=O)NC(CO)C(=O)O. The highest BCUT2D eigenvalue weighted by Gasteiger charge is 2.29. The third-order valence-corrected chi connectivity index (χ3v) is 4.40. The second-order valence-electron chi connectivity index (χ2n) is 6.55. The Bertz CT molecular complexity index is 757. The molecule has 0 radical (unpaired) electrons. The molecule has 8 N–H and O–H groups in total. The van der Waals surface area contributed by atoms with Gasteiger partial charge in [-0.05, 0) is 24.6 Å². The number of aliphatic carboxylic acids is 1. The average Bonchev–Trinajstić information content (AvgIpc) is 2.70. The number of carbonyl (C=O) groups excluding carboxylic acids is 3. The first-order valence-corrected chi connectivity index (χ1v) is 9.61. The van der Waals surface area contributed by atoms with Crippen LogP contribution in [0.3, 0.4) is 0 Å². The van der Waals surface area contributed by atoms with E-state index in [-0.39, 0.29) is 17.9 Å². The smallest absolute Gasteiger partial charge is 0.328 e. The molecule has 30 heavy (non-hydrogen) atoms. The van der Waals surface area contributed by atoms with Gasteiger partial charge in [0.1, 0.15) is 23.9 Å². The van der Waals surface area contributed by atoms with Crippen LogP contribution in [0.5, 0.6) is 5.75 Å². The molecule has 0 aliphatic rings. The molecule has 166 valence electrons. The molecule has 0 aliphatic heterocycles. The third-order valence-electron chi connectivity index (χ3n) is 4.04. The number of nitrogens with two attached hydrogens (primary N) is 1. The lowest BCUT2D eigenvalue weighted by Gasteiger charge is -2.24. The first kappa shape index (κ1) is 25.2. The molecular weight excluding hydrogens is 416 g/mol. The van der Waals surface area contributed by atoms with Gasteiger partial charge in [0.05, 0.1) is 12.6 Å². The molecular formula is C18H26N4O7S. The van der Waals surface area contributed by atoms with Crippen LogP contribution >= 0.6 is 12.6 Å². The van der Waals surface area contributed by atoms with Crippen molar-refractivity contribution in [2.75, 3.05) is 12.4 Å². The van der Waals surface area contributed by atoms with Crippen LogP contribution in [0, 0.1) is 0 Å². The molecule has 1 aromatic carbocycles. The quantitative estimate of drug-likeness (QED) is 0.176. The van der Waals surface area contributed by atoms with Crippen LogP contribution in [-0.2, 0) is 25.6 Å². The van der Waals surface area contributed by atoms with Crippen molar-refractivity contribution >= 4 is 36.3 Å². The molecule has 1 rings (SSSR count). The normalized spacial score (nSPS) is 14.7. The fourth-order valence-electron chi connectivity index (χ4n) is 2.30. The van der Waals surface area contributed by atoms with Crippen LogP contribution in [0.15, 0.2) is 24.3 Å². The van der Waals surface area contributed by atoms with Crippen LogP contribution in [-0.4, -0.2) is 75.5 Å². The predicted molar refractivity (Wildman–Crippen MR) is 110 cm³/mol. The van der Waals surface area contributed by atoms with Gasteiger partial charge in [0.15, 0.2) is 0 Å². The molecule has 4 atom stereocenters. The Morgan fingerprint density at radius 1 is 0.967 bits per heavy atom. The van der Waals surface area contributed by atoms with E-state index in [0.29, 0.717) is 5.56 Å². The van der Waals surface area contributed by atoms with Crippen LogP contribution < -0.4 is 21.7 Å². The van der Waals surface area contributed by atoms with E-state index >= 15 is 0 Å². The van der Waals surface area contributed by atoms with E-state index in [9.17, 15) is 24.3 Å². The van der Waals surface area contributed by atoms with Crippen molar-refractivity contribution < 1.29 is 34.5 Å². The summed E-state index contributed by atoms with van der Waals surface area (Å²) >= 11 is 3.99. The molecule has 0 aliphatic carbocycles. The maximum absolute atomic E-state index is 12.7. The van der Waals surface area contributed by atoms with Crippen molar-refractivity contribution in [1.82, 2.24) is 16.0 Å². The van der Waals surface area contributed by atoms with Gasteiger partial charge in [-0.15, -0.1) is 0 Å². The number of phenolic OH excluding ortho intramolecular Hbond substituents is 1. The van der Waals surface area contributed by atoms with Crippen LogP contribution in [0.25, 0.3) is 0 Å². The minimum absolute atomic E-state index is 0.0306. The zero-order chi connectivity index (χ0) is 22.8. The fourth-order valence-corrected chi connectivity index (χ4v) is 2.56. The molecule has 4 unspecified atom stereocenters. The Morgan fingerprint density at radius 3 is 1.93 bits per heavy atom. The van der Waals surface area contributed by atoms with E-state index in [1.807, 2.05) is 0 Å². The highest BCUT2D eigenvalue weighted by molar-refractivity contribution is 7.80. The molecule has 0 fully saturated rings. The number of aliphatic hydroxyl groups excluding tert-OH is 1. The standard InChI is InChI=1S/C18H26N4O7S/c1-9(19)15(25)20-12(6-10-2-4-11(24)5-3-10)16(26)22-14(8-30)17(27)21-13(7-23)18(28)29/h2-5,9,12-14,23-24,30H,6-8,19H2,1H3,(H,20,25)(H,21,27)(H,22,26)(H,28,29). The van der Waals surface area contributed by atoms with Crippen LogP contribution in [0.4, 0.5) is 0 Å². The van der Waals surface area contributed by atoms with Gasteiger partial charge in [-0.2, -0.15) is 12.6 Å². The lowest BCUT2D eigenvalue weighted by Crippen LogP contribution is -2.58. The summed E-state index contributed by atoms with van der Waals surface area (Å²) in [6.45, 7) is 0.609. The van der Waals surface area contributed by atoms with Crippen molar-refractivity contribution in [1.29, 1.82) is 0 Å². The predicted octanol–water partition coefficient (Wildman–Crippen LogP) is -2.26. The number of aromatic hydroxyl groups is 1. The summed E-state index contributed by atoms with van der Waals surface area (Å²) in [5, 5.41) is 34.3. The van der Waals surface area contributed by atoms with Gasteiger partial charge in [-0.3, -0.25) is 14.4 Å². The largest absolute Gasteiger partial charge is 0.508 e. The number of benzene rings is 1. The first-order chi connectivity index (χ1) is 14.1. The van der Waals surface area contributed by atoms with E-state index in [1.54, 1.807) is 12.1 Å². The van der Waals surface area contributed by atoms with Gasteiger partial charge in [-0.1, -0.05) is 12.1 Å². The Kier molecular flexibility index (Phi) is 10.1. The number of carbonyl (C=O) groups is 4. The number of carboxylic acid groups (broad SMARTS) is 1. The number of thiol groups is 1. The number of aliphatic hydroxyl groups is 1. The molecule has 12 heteroatoms. The minimum Gasteiger partial charge on any atom is -0.508 e. The lowest BCUT2D eigenvalue weighted by atomic mass is 10.0. The van der Waals surface area contributed by atoms with Gasteiger partial charge in [-0.25, -0.2) is 4.79 Å². The number of phenols is 1. The van der Waals surface area contributed by atoms with E-state index in [0.717, 1.165) is 0 Å². The van der Waals surface area contributed by atoms with Crippen molar-refractivity contribution in [3.63, 3.8) is 0 Å². The van der Waals surface area contributed by atoms with Crippen molar-refractivity contribution in [3.8, 4) is 5.75 Å². The van der Waals surface area contributed by atoms with Crippen LogP contribution in [0.1, 0.15) is 12.5 Å². The maximum Gasteiger partial charge on any atom is 0.328 e. The summed E-state index contributed by atoms with van der Waals surface area (Å²) in [4.78, 5) is 48.0. The van der Waals surface area contributed by atoms with Gasteiger partial charge in [0.2, 0.25) is 17.7 Å². The summed E-state index contributed by atoms with van der Waals surface area (Å²) < 4.78 is 0. The van der Waals surface area contributed by atoms with Gasteiger partial charge in [0, 0.05) is 12.2 Å². The van der Waals surface area contributed by atoms with Gasteiger partial charge >= 0.3 is 5.97 Å². The highest BCUT2D eigenvalue weighted by Crippen LogP contribution is 2.12. The molecule has 0 saturated heterocycles.